The number of carbonyl (C=O) groups is 2. The molecule has 0 aliphatic carbocycles. The SMILES string of the molecule is CCOc1ccccc1NC(=O)C(C)Nc1ccc(NC(=O)c2ccc(Cl)cc2)cc1. The Balaban J connectivity index is 1.57. The van der Waals surface area contributed by atoms with Crippen molar-refractivity contribution in [2.45, 2.75) is 19.9 Å². The van der Waals surface area contributed by atoms with Crippen molar-refractivity contribution in [3.63, 3.8) is 0 Å². The molecule has 0 spiro atoms. The Morgan fingerprint density at radius 1 is 0.903 bits per heavy atom. The molecule has 0 fully saturated rings. The van der Waals surface area contributed by atoms with E-state index in [1.807, 2.05) is 25.1 Å². The molecule has 160 valence electrons. The number of ether oxygens (including phenoxy) is 1. The second-order valence-electron chi connectivity index (χ2n) is 6.82. The van der Waals surface area contributed by atoms with Crippen LogP contribution in [0.15, 0.2) is 72.8 Å². The zero-order valence-corrected chi connectivity index (χ0v) is 18.1. The summed E-state index contributed by atoms with van der Waals surface area (Å²) in [5.41, 5.74) is 2.55. The molecule has 0 bridgehead atoms. The van der Waals surface area contributed by atoms with Crippen LogP contribution in [0.2, 0.25) is 5.02 Å². The lowest BCUT2D eigenvalue weighted by molar-refractivity contribution is -0.116. The summed E-state index contributed by atoms with van der Waals surface area (Å²) in [4.78, 5) is 24.9. The maximum atomic E-state index is 12.6. The number of benzene rings is 3. The van der Waals surface area contributed by atoms with Crippen LogP contribution in [0.3, 0.4) is 0 Å². The highest BCUT2D eigenvalue weighted by atomic mass is 35.5. The van der Waals surface area contributed by atoms with E-state index in [-0.39, 0.29) is 11.8 Å². The van der Waals surface area contributed by atoms with Crippen LogP contribution in [0.5, 0.6) is 5.75 Å². The van der Waals surface area contributed by atoms with E-state index >= 15 is 0 Å². The second-order valence-corrected chi connectivity index (χ2v) is 7.26. The highest BCUT2D eigenvalue weighted by Crippen LogP contribution is 2.24. The fourth-order valence-electron chi connectivity index (χ4n) is 2.86. The average molecular weight is 438 g/mol. The molecule has 31 heavy (non-hydrogen) atoms. The predicted octanol–water partition coefficient (Wildman–Crippen LogP) is 5.43. The summed E-state index contributed by atoms with van der Waals surface area (Å²) in [6.07, 6.45) is 0. The molecule has 0 saturated heterocycles. The summed E-state index contributed by atoms with van der Waals surface area (Å²) in [6, 6.07) is 20.6. The normalized spacial score (nSPS) is 11.3. The van der Waals surface area contributed by atoms with Crippen LogP contribution in [0.1, 0.15) is 24.2 Å². The largest absolute Gasteiger partial charge is 0.492 e. The number of halogens is 1. The Kier molecular flexibility index (Phi) is 7.51. The highest BCUT2D eigenvalue weighted by molar-refractivity contribution is 6.30. The van der Waals surface area contributed by atoms with Gasteiger partial charge in [0.25, 0.3) is 5.91 Å². The van der Waals surface area contributed by atoms with Crippen molar-refractivity contribution < 1.29 is 14.3 Å². The lowest BCUT2D eigenvalue weighted by Crippen LogP contribution is -2.32. The summed E-state index contributed by atoms with van der Waals surface area (Å²) < 4.78 is 5.54. The van der Waals surface area contributed by atoms with Gasteiger partial charge in [0.2, 0.25) is 5.91 Å². The quantitative estimate of drug-likeness (QED) is 0.439. The molecule has 3 aromatic rings. The first kappa shape index (κ1) is 22.2. The molecule has 3 aromatic carbocycles. The summed E-state index contributed by atoms with van der Waals surface area (Å²) in [6.45, 7) is 4.18. The molecule has 2 amide bonds. The van der Waals surface area contributed by atoms with E-state index in [0.29, 0.717) is 34.3 Å². The second kappa shape index (κ2) is 10.5. The van der Waals surface area contributed by atoms with Crippen molar-refractivity contribution in [1.82, 2.24) is 0 Å². The van der Waals surface area contributed by atoms with Gasteiger partial charge in [-0.1, -0.05) is 23.7 Å². The third kappa shape index (κ3) is 6.23. The summed E-state index contributed by atoms with van der Waals surface area (Å²) in [5, 5.41) is 9.44. The van der Waals surface area contributed by atoms with Crippen molar-refractivity contribution in [3.8, 4) is 5.75 Å². The number of para-hydroxylation sites is 2. The molecular formula is C24H24ClN3O3. The summed E-state index contributed by atoms with van der Waals surface area (Å²) in [5.74, 6) is 0.219. The van der Waals surface area contributed by atoms with Gasteiger partial charge in [-0.3, -0.25) is 9.59 Å². The van der Waals surface area contributed by atoms with Gasteiger partial charge in [0, 0.05) is 22.0 Å². The number of hydrogen-bond donors (Lipinski definition) is 3. The number of nitrogens with one attached hydrogen (secondary N) is 3. The molecule has 3 rings (SSSR count). The fourth-order valence-corrected chi connectivity index (χ4v) is 2.99. The number of amides is 2. The van der Waals surface area contributed by atoms with Crippen LogP contribution in [0.25, 0.3) is 0 Å². The molecule has 0 heterocycles. The minimum Gasteiger partial charge on any atom is -0.492 e. The minimum atomic E-state index is -0.482. The molecule has 6 nitrogen and oxygen atoms in total. The van der Waals surface area contributed by atoms with Crippen LogP contribution >= 0.6 is 11.6 Å². The number of anilines is 3. The van der Waals surface area contributed by atoms with E-state index in [1.165, 1.54) is 0 Å². The summed E-state index contributed by atoms with van der Waals surface area (Å²) >= 11 is 5.85. The Morgan fingerprint density at radius 2 is 1.55 bits per heavy atom. The van der Waals surface area contributed by atoms with Crippen molar-refractivity contribution in [2.75, 3.05) is 22.6 Å². The molecule has 1 unspecified atom stereocenters. The molecule has 7 heteroatoms. The van der Waals surface area contributed by atoms with Gasteiger partial charge < -0.3 is 20.7 Å². The molecule has 0 aliphatic rings. The van der Waals surface area contributed by atoms with Gasteiger partial charge in [0.05, 0.1) is 12.3 Å². The molecule has 0 saturated carbocycles. The monoisotopic (exact) mass is 437 g/mol. The smallest absolute Gasteiger partial charge is 0.255 e. The lowest BCUT2D eigenvalue weighted by Gasteiger charge is -2.17. The first-order chi connectivity index (χ1) is 15.0. The van der Waals surface area contributed by atoms with Crippen molar-refractivity contribution in [3.05, 3.63) is 83.4 Å². The van der Waals surface area contributed by atoms with Gasteiger partial charge >= 0.3 is 0 Å². The van der Waals surface area contributed by atoms with E-state index in [2.05, 4.69) is 16.0 Å². The van der Waals surface area contributed by atoms with Crippen LogP contribution in [0, 0.1) is 0 Å². The molecule has 3 N–H and O–H groups in total. The van der Waals surface area contributed by atoms with Crippen LogP contribution in [0.4, 0.5) is 17.1 Å². The zero-order valence-electron chi connectivity index (χ0n) is 17.3. The standard InChI is InChI=1S/C24H24ClN3O3/c1-3-31-22-7-5-4-6-21(22)28-23(29)16(2)26-19-12-14-20(15-13-19)27-24(30)17-8-10-18(25)11-9-17/h4-16,26H,3H2,1-2H3,(H,27,30)(H,28,29). The van der Waals surface area contributed by atoms with Gasteiger partial charge in [-0.25, -0.2) is 0 Å². The van der Waals surface area contributed by atoms with E-state index in [1.54, 1.807) is 61.5 Å². The zero-order chi connectivity index (χ0) is 22.2. The third-order valence-electron chi connectivity index (χ3n) is 4.47. The maximum Gasteiger partial charge on any atom is 0.255 e. The van der Waals surface area contributed by atoms with E-state index in [4.69, 9.17) is 16.3 Å². The Hall–Kier alpha value is -3.51. The number of rotatable bonds is 8. The minimum absolute atomic E-state index is 0.188. The third-order valence-corrected chi connectivity index (χ3v) is 4.72. The topological polar surface area (TPSA) is 79.5 Å². The van der Waals surface area contributed by atoms with E-state index in [9.17, 15) is 9.59 Å². The van der Waals surface area contributed by atoms with Gasteiger partial charge in [-0.15, -0.1) is 0 Å². The van der Waals surface area contributed by atoms with Crippen LogP contribution in [-0.4, -0.2) is 24.5 Å². The fraction of sp³-hybridized carbons (Fsp3) is 0.167. The van der Waals surface area contributed by atoms with Crippen LogP contribution in [-0.2, 0) is 4.79 Å². The van der Waals surface area contributed by atoms with Crippen molar-refractivity contribution >= 4 is 40.5 Å². The highest BCUT2D eigenvalue weighted by Gasteiger charge is 2.15. The Labute approximate surface area is 186 Å². The molecule has 0 aromatic heterocycles. The maximum absolute atomic E-state index is 12.6. The average Bonchev–Trinajstić information content (AvgIpc) is 2.77. The first-order valence-electron chi connectivity index (χ1n) is 9.92. The molecular weight excluding hydrogens is 414 g/mol. The summed E-state index contributed by atoms with van der Waals surface area (Å²) in [7, 11) is 0. The van der Waals surface area contributed by atoms with Gasteiger partial charge in [0.1, 0.15) is 11.8 Å². The lowest BCUT2D eigenvalue weighted by atomic mass is 10.2. The van der Waals surface area contributed by atoms with Gasteiger partial charge in [0.15, 0.2) is 0 Å². The molecule has 1 atom stereocenters. The van der Waals surface area contributed by atoms with Crippen LogP contribution < -0.4 is 20.7 Å². The first-order valence-corrected chi connectivity index (χ1v) is 10.3. The number of carbonyl (C=O) groups excluding carboxylic acids is 2. The van der Waals surface area contributed by atoms with Crippen molar-refractivity contribution in [2.24, 2.45) is 0 Å². The Morgan fingerprint density at radius 3 is 2.23 bits per heavy atom. The van der Waals surface area contributed by atoms with Crippen molar-refractivity contribution in [1.29, 1.82) is 0 Å². The van der Waals surface area contributed by atoms with E-state index < -0.39 is 6.04 Å². The molecule has 0 radical (unpaired) electrons. The molecule has 0 aliphatic heterocycles. The van der Waals surface area contributed by atoms with Gasteiger partial charge in [-0.05, 0) is 74.5 Å². The number of hydrogen-bond acceptors (Lipinski definition) is 4. The van der Waals surface area contributed by atoms with Gasteiger partial charge in [-0.2, -0.15) is 0 Å². The Bertz CT molecular complexity index is 1040. The predicted molar refractivity (Wildman–Crippen MR) is 125 cm³/mol. The van der Waals surface area contributed by atoms with E-state index in [0.717, 1.165) is 5.69 Å².